The van der Waals surface area contributed by atoms with Crippen LogP contribution in [0.1, 0.15) is 0 Å². The molecule has 0 atom stereocenters. The van der Waals surface area contributed by atoms with E-state index in [1.54, 1.807) is 11.3 Å². The lowest BCUT2D eigenvalue weighted by Gasteiger charge is -1.86. The highest BCUT2D eigenvalue weighted by atomic mass is 32.1. The number of hydrogen-bond donors (Lipinski definition) is 0. The maximum absolute atomic E-state index is 3.94. The molecule has 0 saturated carbocycles. The average molecular weight is 177 g/mol. The highest BCUT2D eigenvalue weighted by molar-refractivity contribution is 7.21. The number of para-hydroxylation sites is 1. The molecular weight excluding hydrogens is 168 g/mol. The Labute approximate surface area is 74.8 Å². The summed E-state index contributed by atoms with van der Waals surface area (Å²) < 4.78 is 3.30. The molecule has 1 aromatic carbocycles. The van der Waals surface area contributed by atoms with Crippen LogP contribution in [0.5, 0.6) is 0 Å². The number of rotatable bonds is 1. The van der Waals surface area contributed by atoms with E-state index < -0.39 is 0 Å². The predicted octanol–water partition coefficient (Wildman–Crippen LogP) is 2.06. The fraction of sp³-hybridized carbons (Fsp3) is 0.111. The van der Waals surface area contributed by atoms with Crippen LogP contribution in [0.4, 0.5) is 5.13 Å². The molecule has 1 heterocycles. The summed E-state index contributed by atoms with van der Waals surface area (Å²) in [6, 6.07) is 8.24. The predicted molar refractivity (Wildman–Crippen MR) is 52.2 cm³/mol. The van der Waals surface area contributed by atoms with Crippen LogP contribution in [-0.2, 0) is 7.05 Å². The van der Waals surface area contributed by atoms with Crippen LogP contribution in [0, 0.1) is 0 Å². The van der Waals surface area contributed by atoms with Crippen molar-refractivity contribution < 1.29 is 4.57 Å². The normalized spacial score (nSPS) is 10.4. The van der Waals surface area contributed by atoms with Crippen molar-refractivity contribution in [2.24, 2.45) is 12.0 Å². The van der Waals surface area contributed by atoms with Gasteiger partial charge in [0.25, 0.3) is 0 Å². The zero-order chi connectivity index (χ0) is 8.55. The lowest BCUT2D eigenvalue weighted by Crippen LogP contribution is -2.25. The Balaban J connectivity index is 2.87. The van der Waals surface area contributed by atoms with Crippen LogP contribution in [0.15, 0.2) is 29.3 Å². The van der Waals surface area contributed by atoms with Crippen molar-refractivity contribution in [3.05, 3.63) is 24.3 Å². The molecule has 60 valence electrons. The summed E-state index contributed by atoms with van der Waals surface area (Å²) >= 11 is 1.66. The quantitative estimate of drug-likeness (QED) is 0.468. The van der Waals surface area contributed by atoms with E-state index in [0.717, 1.165) is 5.13 Å². The van der Waals surface area contributed by atoms with Gasteiger partial charge in [0.15, 0.2) is 0 Å². The van der Waals surface area contributed by atoms with Gasteiger partial charge in [0, 0.05) is 0 Å². The molecule has 1 aromatic heterocycles. The third kappa shape index (κ3) is 0.940. The first kappa shape index (κ1) is 7.43. The standard InChI is InChI=1S/C9H9N2S/c1-10-9-11(2)7-5-3-4-6-8(7)12-9/h3-6H,1H2,2H3/q+1. The van der Waals surface area contributed by atoms with E-state index >= 15 is 0 Å². The SMILES string of the molecule is C=Nc1sc2ccccc2[n+]1C. The van der Waals surface area contributed by atoms with Crippen LogP contribution in [-0.4, -0.2) is 6.72 Å². The molecule has 2 rings (SSSR count). The molecule has 3 heteroatoms. The molecule has 0 aliphatic heterocycles. The Kier molecular flexibility index (Phi) is 1.66. The largest absolute Gasteiger partial charge is 0.382 e. The second kappa shape index (κ2) is 2.68. The molecule has 0 unspecified atom stereocenters. The second-order valence-electron chi connectivity index (χ2n) is 2.57. The molecule has 0 fully saturated rings. The summed E-state index contributed by atoms with van der Waals surface area (Å²) in [4.78, 5) is 3.94. The highest BCUT2D eigenvalue weighted by Gasteiger charge is 2.11. The fourth-order valence-corrected chi connectivity index (χ4v) is 2.18. The number of fused-ring (bicyclic) bond motifs is 1. The molecule has 2 nitrogen and oxygen atoms in total. The van der Waals surface area contributed by atoms with Crippen LogP contribution < -0.4 is 4.57 Å². The minimum Gasteiger partial charge on any atom is -0.216 e. The summed E-state index contributed by atoms with van der Waals surface area (Å²) in [6.45, 7) is 3.53. The summed E-state index contributed by atoms with van der Waals surface area (Å²) in [5.74, 6) is 0. The number of aliphatic imine (C=N–C) groups is 1. The Morgan fingerprint density at radius 1 is 1.42 bits per heavy atom. The van der Waals surface area contributed by atoms with E-state index in [9.17, 15) is 0 Å². The minimum atomic E-state index is 0.955. The van der Waals surface area contributed by atoms with Crippen molar-refractivity contribution in [2.75, 3.05) is 0 Å². The van der Waals surface area contributed by atoms with Crippen LogP contribution in [0.3, 0.4) is 0 Å². The number of aryl methyl sites for hydroxylation is 1. The van der Waals surface area contributed by atoms with Gasteiger partial charge in [0.2, 0.25) is 0 Å². The fourth-order valence-electron chi connectivity index (χ4n) is 1.23. The molecule has 0 spiro atoms. The van der Waals surface area contributed by atoms with Crippen molar-refractivity contribution in [2.45, 2.75) is 0 Å². The van der Waals surface area contributed by atoms with Crippen LogP contribution in [0.25, 0.3) is 10.2 Å². The first-order valence-electron chi connectivity index (χ1n) is 3.67. The third-order valence-electron chi connectivity index (χ3n) is 1.85. The first-order chi connectivity index (χ1) is 5.83. The van der Waals surface area contributed by atoms with E-state index in [-0.39, 0.29) is 0 Å². The van der Waals surface area contributed by atoms with Crippen molar-refractivity contribution in [1.82, 2.24) is 0 Å². The monoisotopic (exact) mass is 177 g/mol. The van der Waals surface area contributed by atoms with Crippen molar-refractivity contribution in [1.29, 1.82) is 0 Å². The van der Waals surface area contributed by atoms with E-state index in [1.807, 2.05) is 23.7 Å². The molecule has 0 amide bonds. The summed E-state index contributed by atoms with van der Waals surface area (Å²) in [5, 5.41) is 0.955. The first-order valence-corrected chi connectivity index (χ1v) is 4.49. The summed E-state index contributed by atoms with van der Waals surface area (Å²) in [5.41, 5.74) is 1.21. The van der Waals surface area contributed by atoms with E-state index in [4.69, 9.17) is 0 Å². The highest BCUT2D eigenvalue weighted by Crippen LogP contribution is 2.24. The zero-order valence-electron chi connectivity index (χ0n) is 6.82. The van der Waals surface area contributed by atoms with Gasteiger partial charge in [-0.1, -0.05) is 12.1 Å². The van der Waals surface area contributed by atoms with Gasteiger partial charge in [0.05, 0.1) is 11.7 Å². The number of hydrogen-bond acceptors (Lipinski definition) is 2. The Bertz CT molecular complexity index is 431. The van der Waals surface area contributed by atoms with Gasteiger partial charge in [-0.05, 0) is 28.5 Å². The number of benzene rings is 1. The van der Waals surface area contributed by atoms with Crippen molar-refractivity contribution in [3.63, 3.8) is 0 Å². The number of aromatic nitrogens is 1. The van der Waals surface area contributed by atoms with E-state index in [1.165, 1.54) is 10.2 Å². The van der Waals surface area contributed by atoms with Gasteiger partial charge < -0.3 is 0 Å². The van der Waals surface area contributed by atoms with Gasteiger partial charge in [-0.2, -0.15) is 0 Å². The average Bonchev–Trinajstić information content (AvgIpc) is 2.44. The molecule has 0 radical (unpaired) electrons. The maximum Gasteiger partial charge on any atom is 0.382 e. The van der Waals surface area contributed by atoms with Gasteiger partial charge in [-0.15, -0.1) is 0 Å². The Morgan fingerprint density at radius 3 is 2.83 bits per heavy atom. The van der Waals surface area contributed by atoms with Crippen molar-refractivity contribution in [3.8, 4) is 0 Å². The molecule has 2 aromatic rings. The third-order valence-corrected chi connectivity index (χ3v) is 3.00. The summed E-state index contributed by atoms with van der Waals surface area (Å²) in [7, 11) is 2.00. The molecule has 12 heavy (non-hydrogen) atoms. The number of thiazole rings is 1. The smallest absolute Gasteiger partial charge is 0.216 e. The van der Waals surface area contributed by atoms with Crippen LogP contribution in [0.2, 0.25) is 0 Å². The molecule has 0 aliphatic carbocycles. The minimum absolute atomic E-state index is 0.955. The molecular formula is C9H9N2S+. The summed E-state index contributed by atoms with van der Waals surface area (Å²) in [6.07, 6.45) is 0. The molecule has 0 N–H and O–H groups in total. The topological polar surface area (TPSA) is 16.2 Å². The zero-order valence-corrected chi connectivity index (χ0v) is 7.64. The molecule has 0 bridgehead atoms. The van der Waals surface area contributed by atoms with E-state index in [2.05, 4.69) is 23.8 Å². The number of nitrogens with zero attached hydrogens (tertiary/aromatic N) is 2. The Morgan fingerprint density at radius 2 is 2.17 bits per heavy atom. The Hall–Kier alpha value is -1.22. The lowest BCUT2D eigenvalue weighted by atomic mass is 10.3. The van der Waals surface area contributed by atoms with Gasteiger partial charge in [-0.3, -0.25) is 0 Å². The van der Waals surface area contributed by atoms with Gasteiger partial charge in [-0.25, -0.2) is 4.57 Å². The maximum atomic E-state index is 3.94. The van der Waals surface area contributed by atoms with Crippen molar-refractivity contribution >= 4 is 33.4 Å². The van der Waals surface area contributed by atoms with Crippen LogP contribution >= 0.6 is 11.3 Å². The molecule has 0 aliphatic rings. The molecule has 0 saturated heterocycles. The van der Waals surface area contributed by atoms with E-state index in [0.29, 0.717) is 0 Å². The van der Waals surface area contributed by atoms with Gasteiger partial charge in [0.1, 0.15) is 12.2 Å². The van der Waals surface area contributed by atoms with Gasteiger partial charge >= 0.3 is 5.13 Å². The lowest BCUT2D eigenvalue weighted by molar-refractivity contribution is -0.627. The second-order valence-corrected chi connectivity index (χ2v) is 3.58.